The molecule has 0 saturated heterocycles. The average Bonchev–Trinajstić information content (AvgIpc) is 2.45. The van der Waals surface area contributed by atoms with Crippen molar-refractivity contribution < 1.29 is 17.5 Å². The lowest BCUT2D eigenvalue weighted by Gasteiger charge is -2.21. The number of benzene rings is 1. The largest absolute Gasteiger partial charge is 0.358 e. The molecule has 0 amide bonds. The topological polar surface area (TPSA) is 72.8 Å². The van der Waals surface area contributed by atoms with Gasteiger partial charge in [0.2, 0.25) is 0 Å². The van der Waals surface area contributed by atoms with Crippen LogP contribution >= 0.6 is 31.9 Å². The van der Waals surface area contributed by atoms with E-state index in [-0.39, 0.29) is 10.7 Å². The van der Waals surface area contributed by atoms with Gasteiger partial charge in [-0.25, -0.2) is 0 Å². The first-order valence-electron chi connectivity index (χ1n) is 6.31. The summed E-state index contributed by atoms with van der Waals surface area (Å²) in [6, 6.07) is 6.26. The minimum absolute atomic E-state index is 0.0254. The van der Waals surface area contributed by atoms with Crippen LogP contribution in [0.3, 0.4) is 0 Å². The van der Waals surface area contributed by atoms with Gasteiger partial charge in [-0.1, -0.05) is 54.7 Å². The number of hydrogen-bond acceptors (Lipinski definition) is 5. The first-order valence-corrected chi connectivity index (χ1v) is 9.55. The standard InChI is InChI=1S/C14H13Br2NO4S/c1-8-3-5-10(6-4-8)22(19,20)21-17-14-9(2)7-11(18)12(15)13(14)16/h3-7,12-13H,1-2H3. The SMILES string of the molecule is CC1=CC(=O)C(Br)C(Br)C1=NOS(=O)(=O)c1ccc(C)cc1. The van der Waals surface area contributed by atoms with E-state index in [0.717, 1.165) is 5.56 Å². The Morgan fingerprint density at radius 3 is 2.27 bits per heavy atom. The lowest BCUT2D eigenvalue weighted by molar-refractivity contribution is -0.113. The summed E-state index contributed by atoms with van der Waals surface area (Å²) in [7, 11) is -3.99. The second kappa shape index (κ2) is 6.64. The molecule has 2 atom stereocenters. The highest BCUT2D eigenvalue weighted by Crippen LogP contribution is 2.26. The van der Waals surface area contributed by atoms with Gasteiger partial charge in [0.25, 0.3) is 0 Å². The highest BCUT2D eigenvalue weighted by Gasteiger charge is 2.33. The summed E-state index contributed by atoms with van der Waals surface area (Å²) in [5.74, 6) is -0.111. The first-order chi connectivity index (χ1) is 10.2. The van der Waals surface area contributed by atoms with E-state index in [2.05, 4.69) is 37.0 Å². The van der Waals surface area contributed by atoms with E-state index in [4.69, 9.17) is 4.28 Å². The van der Waals surface area contributed by atoms with Crippen LogP contribution in [0.15, 0.2) is 46.0 Å². The van der Waals surface area contributed by atoms with Gasteiger partial charge in [-0.15, -0.1) is 0 Å². The van der Waals surface area contributed by atoms with Gasteiger partial charge in [0.15, 0.2) is 5.78 Å². The lowest BCUT2D eigenvalue weighted by atomic mass is 9.97. The maximum atomic E-state index is 12.1. The zero-order chi connectivity index (χ0) is 16.5. The van der Waals surface area contributed by atoms with Gasteiger partial charge in [-0.2, -0.15) is 8.42 Å². The zero-order valence-electron chi connectivity index (χ0n) is 11.8. The zero-order valence-corrected chi connectivity index (χ0v) is 15.8. The minimum Gasteiger partial charge on any atom is -0.294 e. The molecule has 22 heavy (non-hydrogen) atoms. The first kappa shape index (κ1) is 17.4. The number of hydrogen-bond donors (Lipinski definition) is 0. The highest BCUT2D eigenvalue weighted by molar-refractivity contribution is 9.12. The molecule has 1 aliphatic carbocycles. The van der Waals surface area contributed by atoms with Crippen LogP contribution in [0.4, 0.5) is 0 Å². The summed E-state index contributed by atoms with van der Waals surface area (Å²) in [5, 5.41) is 3.73. The Labute approximate surface area is 145 Å². The Kier molecular flexibility index (Phi) is 5.24. The van der Waals surface area contributed by atoms with Crippen molar-refractivity contribution in [2.75, 3.05) is 0 Å². The van der Waals surface area contributed by atoms with Crippen molar-refractivity contribution in [3.8, 4) is 0 Å². The third-order valence-corrected chi connectivity index (χ3v) is 6.87. The predicted octanol–water partition coefficient (Wildman–Crippen LogP) is 3.11. The quantitative estimate of drug-likeness (QED) is 0.523. The normalized spacial score (nSPS) is 24.3. The molecule has 0 fully saturated rings. The van der Waals surface area contributed by atoms with Crippen LogP contribution in [-0.4, -0.2) is 29.6 Å². The second-order valence-corrected chi connectivity index (χ2v) is 8.35. The summed E-state index contributed by atoms with van der Waals surface area (Å²) >= 11 is 6.55. The van der Waals surface area contributed by atoms with Crippen molar-refractivity contribution >= 4 is 53.5 Å². The maximum Gasteiger partial charge on any atom is 0.358 e. The third kappa shape index (κ3) is 3.67. The maximum absolute atomic E-state index is 12.1. The number of aryl methyl sites for hydroxylation is 1. The molecule has 8 heteroatoms. The van der Waals surface area contributed by atoms with Crippen LogP contribution in [0, 0.1) is 6.92 Å². The van der Waals surface area contributed by atoms with E-state index in [1.807, 2.05) is 6.92 Å². The molecule has 1 aromatic rings. The Hall–Kier alpha value is -0.990. The molecule has 1 aliphatic rings. The smallest absolute Gasteiger partial charge is 0.294 e. The Balaban J connectivity index is 2.29. The Morgan fingerprint density at radius 1 is 1.09 bits per heavy atom. The summed E-state index contributed by atoms with van der Waals surface area (Å²) in [6.45, 7) is 3.53. The Bertz CT molecular complexity index is 754. The van der Waals surface area contributed by atoms with Crippen LogP contribution in [0.25, 0.3) is 0 Å². The molecule has 2 unspecified atom stereocenters. The highest BCUT2D eigenvalue weighted by atomic mass is 79.9. The molecular weight excluding hydrogens is 438 g/mol. The monoisotopic (exact) mass is 449 g/mol. The van der Waals surface area contributed by atoms with Crippen molar-refractivity contribution in [2.45, 2.75) is 28.4 Å². The second-order valence-electron chi connectivity index (χ2n) is 4.85. The van der Waals surface area contributed by atoms with Gasteiger partial charge < -0.3 is 0 Å². The molecule has 2 rings (SSSR count). The van der Waals surface area contributed by atoms with Gasteiger partial charge in [-0.3, -0.25) is 9.08 Å². The lowest BCUT2D eigenvalue weighted by Crippen LogP contribution is -2.35. The molecular formula is C14H13Br2NO4S. The van der Waals surface area contributed by atoms with Crippen molar-refractivity contribution in [1.29, 1.82) is 0 Å². The van der Waals surface area contributed by atoms with Gasteiger partial charge in [0.1, 0.15) is 4.90 Å². The summed E-state index contributed by atoms with van der Waals surface area (Å²) in [6.07, 6.45) is 1.40. The van der Waals surface area contributed by atoms with E-state index in [1.165, 1.54) is 18.2 Å². The van der Waals surface area contributed by atoms with Crippen LogP contribution in [0.5, 0.6) is 0 Å². The number of carbonyl (C=O) groups is 1. The van der Waals surface area contributed by atoms with Crippen LogP contribution in [-0.2, 0) is 19.2 Å². The van der Waals surface area contributed by atoms with Gasteiger partial charge in [-0.05, 0) is 37.6 Å². The fourth-order valence-corrected chi connectivity index (χ4v) is 3.65. The molecule has 0 spiro atoms. The predicted molar refractivity (Wildman–Crippen MR) is 91.1 cm³/mol. The van der Waals surface area contributed by atoms with Crippen molar-refractivity contribution in [2.24, 2.45) is 5.16 Å². The number of nitrogens with zero attached hydrogens (tertiary/aromatic N) is 1. The van der Waals surface area contributed by atoms with Crippen LogP contribution < -0.4 is 0 Å². The number of allylic oxidation sites excluding steroid dienone is 2. The van der Waals surface area contributed by atoms with E-state index in [0.29, 0.717) is 11.3 Å². The van der Waals surface area contributed by atoms with E-state index < -0.39 is 19.8 Å². The fourth-order valence-electron chi connectivity index (χ4n) is 1.83. The van der Waals surface area contributed by atoms with Crippen molar-refractivity contribution in [3.05, 3.63) is 41.5 Å². The average molecular weight is 451 g/mol. The van der Waals surface area contributed by atoms with Crippen LogP contribution in [0.1, 0.15) is 12.5 Å². The molecule has 118 valence electrons. The van der Waals surface area contributed by atoms with Crippen molar-refractivity contribution in [3.63, 3.8) is 0 Å². The number of rotatable bonds is 3. The number of ketones is 1. The van der Waals surface area contributed by atoms with E-state index >= 15 is 0 Å². The molecule has 0 bridgehead atoms. The minimum atomic E-state index is -3.99. The van der Waals surface area contributed by atoms with E-state index in [1.54, 1.807) is 19.1 Å². The number of carbonyl (C=O) groups excluding carboxylic acids is 1. The summed E-state index contributed by atoms with van der Waals surface area (Å²) in [5.41, 5.74) is 1.86. The van der Waals surface area contributed by atoms with Gasteiger partial charge >= 0.3 is 10.1 Å². The number of oxime groups is 1. The molecule has 1 aromatic carbocycles. The Morgan fingerprint density at radius 2 is 1.68 bits per heavy atom. The summed E-state index contributed by atoms with van der Waals surface area (Å²) in [4.78, 5) is 10.7. The van der Waals surface area contributed by atoms with Gasteiger partial charge in [0, 0.05) is 0 Å². The fraction of sp³-hybridized carbons (Fsp3) is 0.286. The van der Waals surface area contributed by atoms with Crippen LogP contribution in [0.2, 0.25) is 0 Å². The molecule has 0 heterocycles. The summed E-state index contributed by atoms with van der Waals surface area (Å²) < 4.78 is 29.0. The number of alkyl halides is 2. The van der Waals surface area contributed by atoms with Gasteiger partial charge in [0.05, 0.1) is 15.4 Å². The molecule has 0 saturated carbocycles. The molecule has 0 aliphatic heterocycles. The molecule has 0 aromatic heterocycles. The molecule has 0 N–H and O–H groups in total. The van der Waals surface area contributed by atoms with E-state index in [9.17, 15) is 13.2 Å². The molecule has 0 radical (unpaired) electrons. The number of halogens is 2. The molecule has 5 nitrogen and oxygen atoms in total. The van der Waals surface area contributed by atoms with Crippen molar-refractivity contribution in [1.82, 2.24) is 0 Å². The third-order valence-electron chi connectivity index (χ3n) is 3.10.